The Hall–Kier alpha value is -2.76. The molecule has 25 heavy (non-hydrogen) atoms. The van der Waals surface area contributed by atoms with E-state index in [0.717, 1.165) is 24.4 Å². The maximum absolute atomic E-state index is 12.3. The van der Waals surface area contributed by atoms with Gasteiger partial charge in [-0.3, -0.25) is 4.98 Å². The zero-order valence-corrected chi connectivity index (χ0v) is 14.5. The van der Waals surface area contributed by atoms with Crippen LogP contribution < -0.4 is 15.0 Å². The van der Waals surface area contributed by atoms with Crippen LogP contribution >= 0.6 is 0 Å². The SMILES string of the molecule is CCOc1ccc(N2CCN(C(=O)NCc3cccnc3)CC2)cc1. The van der Waals surface area contributed by atoms with E-state index in [-0.39, 0.29) is 6.03 Å². The van der Waals surface area contributed by atoms with E-state index in [4.69, 9.17) is 4.74 Å². The number of piperazine rings is 1. The monoisotopic (exact) mass is 340 g/mol. The molecule has 0 radical (unpaired) electrons. The molecule has 0 aliphatic carbocycles. The summed E-state index contributed by atoms with van der Waals surface area (Å²) in [6.45, 7) is 6.24. The first-order valence-electron chi connectivity index (χ1n) is 8.66. The van der Waals surface area contributed by atoms with Crippen LogP contribution in [0.3, 0.4) is 0 Å². The molecule has 1 N–H and O–H groups in total. The van der Waals surface area contributed by atoms with Crippen LogP contribution in [0, 0.1) is 0 Å². The summed E-state index contributed by atoms with van der Waals surface area (Å²) in [5.74, 6) is 0.889. The first-order chi connectivity index (χ1) is 12.3. The van der Waals surface area contributed by atoms with Crippen LogP contribution in [0.5, 0.6) is 5.75 Å². The molecule has 2 heterocycles. The molecule has 0 spiro atoms. The minimum atomic E-state index is -0.0183. The van der Waals surface area contributed by atoms with E-state index in [2.05, 4.69) is 27.3 Å². The number of hydrogen-bond acceptors (Lipinski definition) is 4. The average Bonchev–Trinajstić information content (AvgIpc) is 2.68. The van der Waals surface area contributed by atoms with Gasteiger partial charge in [-0.2, -0.15) is 0 Å². The van der Waals surface area contributed by atoms with Crippen molar-refractivity contribution in [1.82, 2.24) is 15.2 Å². The highest BCUT2D eigenvalue weighted by Crippen LogP contribution is 2.20. The number of ether oxygens (including phenoxy) is 1. The van der Waals surface area contributed by atoms with Crippen molar-refractivity contribution >= 4 is 11.7 Å². The van der Waals surface area contributed by atoms with E-state index in [0.29, 0.717) is 26.2 Å². The summed E-state index contributed by atoms with van der Waals surface area (Å²) in [4.78, 5) is 20.5. The molecule has 1 aliphatic rings. The Morgan fingerprint density at radius 3 is 2.56 bits per heavy atom. The average molecular weight is 340 g/mol. The summed E-state index contributed by atoms with van der Waals surface area (Å²) < 4.78 is 5.48. The van der Waals surface area contributed by atoms with E-state index < -0.39 is 0 Å². The van der Waals surface area contributed by atoms with E-state index in [1.165, 1.54) is 5.69 Å². The van der Waals surface area contributed by atoms with E-state index in [9.17, 15) is 4.79 Å². The van der Waals surface area contributed by atoms with E-state index >= 15 is 0 Å². The maximum atomic E-state index is 12.3. The van der Waals surface area contributed by atoms with Crippen LogP contribution in [0.2, 0.25) is 0 Å². The molecule has 0 bridgehead atoms. The molecule has 0 atom stereocenters. The molecular formula is C19H24N4O2. The lowest BCUT2D eigenvalue weighted by Gasteiger charge is -2.36. The summed E-state index contributed by atoms with van der Waals surface area (Å²) in [6, 6.07) is 11.9. The second kappa shape index (κ2) is 8.37. The van der Waals surface area contributed by atoms with Gasteiger partial charge in [0.25, 0.3) is 0 Å². The standard InChI is InChI=1S/C19H24N4O2/c1-2-25-18-7-5-17(6-8-18)22-10-12-23(13-11-22)19(24)21-15-16-4-3-9-20-14-16/h3-9,14H,2,10-13,15H2,1H3,(H,21,24). The van der Waals surface area contributed by atoms with Crippen molar-refractivity contribution in [2.24, 2.45) is 0 Å². The van der Waals surface area contributed by atoms with Gasteiger partial charge in [0, 0.05) is 50.8 Å². The van der Waals surface area contributed by atoms with Crippen molar-refractivity contribution in [2.75, 3.05) is 37.7 Å². The van der Waals surface area contributed by atoms with Crippen molar-refractivity contribution in [3.63, 3.8) is 0 Å². The van der Waals surface area contributed by atoms with Gasteiger partial charge in [0.2, 0.25) is 0 Å². The van der Waals surface area contributed by atoms with Gasteiger partial charge in [-0.15, -0.1) is 0 Å². The fraction of sp³-hybridized carbons (Fsp3) is 0.368. The molecule has 2 aromatic rings. The summed E-state index contributed by atoms with van der Waals surface area (Å²) in [7, 11) is 0. The lowest BCUT2D eigenvalue weighted by Crippen LogP contribution is -2.51. The number of benzene rings is 1. The Labute approximate surface area is 148 Å². The molecule has 1 fully saturated rings. The number of nitrogens with zero attached hydrogens (tertiary/aromatic N) is 3. The quantitative estimate of drug-likeness (QED) is 0.909. The maximum Gasteiger partial charge on any atom is 0.317 e. The Balaban J connectivity index is 1.47. The van der Waals surface area contributed by atoms with Crippen molar-refractivity contribution in [2.45, 2.75) is 13.5 Å². The first kappa shape index (κ1) is 17.1. The van der Waals surface area contributed by atoms with E-state index in [1.807, 2.05) is 36.1 Å². The predicted molar refractivity (Wildman–Crippen MR) is 97.9 cm³/mol. The molecule has 1 aliphatic heterocycles. The number of hydrogen-bond donors (Lipinski definition) is 1. The Morgan fingerprint density at radius 1 is 1.16 bits per heavy atom. The number of amides is 2. The first-order valence-corrected chi connectivity index (χ1v) is 8.66. The lowest BCUT2D eigenvalue weighted by molar-refractivity contribution is 0.194. The van der Waals surface area contributed by atoms with Crippen LogP contribution in [0.1, 0.15) is 12.5 Å². The molecule has 6 nitrogen and oxygen atoms in total. The fourth-order valence-electron chi connectivity index (χ4n) is 2.88. The van der Waals surface area contributed by atoms with Gasteiger partial charge in [-0.1, -0.05) is 6.07 Å². The van der Waals surface area contributed by atoms with Crippen molar-refractivity contribution in [3.8, 4) is 5.75 Å². The number of carbonyl (C=O) groups excluding carboxylic acids is 1. The third-order valence-electron chi connectivity index (χ3n) is 4.25. The topological polar surface area (TPSA) is 57.7 Å². The number of urea groups is 1. The molecule has 0 unspecified atom stereocenters. The second-order valence-corrected chi connectivity index (χ2v) is 5.92. The van der Waals surface area contributed by atoms with Gasteiger partial charge in [-0.05, 0) is 42.8 Å². The van der Waals surface area contributed by atoms with Crippen LogP contribution in [0.25, 0.3) is 0 Å². The molecule has 132 valence electrons. The molecular weight excluding hydrogens is 316 g/mol. The highest BCUT2D eigenvalue weighted by Gasteiger charge is 2.21. The fourth-order valence-corrected chi connectivity index (χ4v) is 2.88. The van der Waals surface area contributed by atoms with Crippen molar-refractivity contribution in [3.05, 3.63) is 54.4 Å². The largest absolute Gasteiger partial charge is 0.494 e. The molecule has 1 aromatic heterocycles. The normalized spacial score (nSPS) is 14.3. The Bertz CT molecular complexity index is 668. The van der Waals surface area contributed by atoms with Gasteiger partial charge in [0.15, 0.2) is 0 Å². The smallest absolute Gasteiger partial charge is 0.317 e. The highest BCUT2D eigenvalue weighted by molar-refractivity contribution is 5.74. The van der Waals surface area contributed by atoms with Crippen molar-refractivity contribution in [1.29, 1.82) is 0 Å². The minimum absolute atomic E-state index is 0.0183. The third-order valence-corrected chi connectivity index (χ3v) is 4.25. The molecule has 3 rings (SSSR count). The minimum Gasteiger partial charge on any atom is -0.494 e. The Kier molecular flexibility index (Phi) is 5.72. The number of anilines is 1. The van der Waals surface area contributed by atoms with Crippen LogP contribution in [-0.4, -0.2) is 48.7 Å². The van der Waals surface area contributed by atoms with Crippen molar-refractivity contribution < 1.29 is 9.53 Å². The highest BCUT2D eigenvalue weighted by atomic mass is 16.5. The lowest BCUT2D eigenvalue weighted by atomic mass is 10.2. The Morgan fingerprint density at radius 2 is 1.92 bits per heavy atom. The zero-order chi connectivity index (χ0) is 17.5. The molecule has 6 heteroatoms. The third kappa shape index (κ3) is 4.62. The second-order valence-electron chi connectivity index (χ2n) is 5.92. The van der Waals surface area contributed by atoms with Crippen LogP contribution in [-0.2, 0) is 6.54 Å². The number of nitrogens with one attached hydrogen (secondary N) is 1. The molecule has 1 aromatic carbocycles. The van der Waals surface area contributed by atoms with Gasteiger partial charge < -0.3 is 19.9 Å². The molecule has 1 saturated heterocycles. The summed E-state index contributed by atoms with van der Waals surface area (Å²) in [6.07, 6.45) is 3.50. The molecule has 2 amide bonds. The molecule has 0 saturated carbocycles. The van der Waals surface area contributed by atoms with E-state index in [1.54, 1.807) is 12.4 Å². The predicted octanol–water partition coefficient (Wildman–Crippen LogP) is 2.51. The summed E-state index contributed by atoms with van der Waals surface area (Å²) >= 11 is 0. The van der Waals surface area contributed by atoms with Crippen LogP contribution in [0.4, 0.5) is 10.5 Å². The number of carbonyl (C=O) groups is 1. The van der Waals surface area contributed by atoms with Gasteiger partial charge in [0.05, 0.1) is 6.61 Å². The van der Waals surface area contributed by atoms with Gasteiger partial charge >= 0.3 is 6.03 Å². The van der Waals surface area contributed by atoms with Gasteiger partial charge in [-0.25, -0.2) is 4.79 Å². The number of pyridine rings is 1. The number of rotatable bonds is 5. The van der Waals surface area contributed by atoms with Crippen LogP contribution in [0.15, 0.2) is 48.8 Å². The summed E-state index contributed by atoms with van der Waals surface area (Å²) in [5.41, 5.74) is 2.17. The van der Waals surface area contributed by atoms with Gasteiger partial charge in [0.1, 0.15) is 5.75 Å². The number of aromatic nitrogens is 1. The zero-order valence-electron chi connectivity index (χ0n) is 14.5. The summed E-state index contributed by atoms with van der Waals surface area (Å²) in [5, 5.41) is 2.96.